The summed E-state index contributed by atoms with van der Waals surface area (Å²) in [5.41, 5.74) is 0.236. The van der Waals surface area contributed by atoms with E-state index in [0.29, 0.717) is 17.1 Å². The van der Waals surface area contributed by atoms with Crippen molar-refractivity contribution in [3.63, 3.8) is 0 Å². The third-order valence-corrected chi connectivity index (χ3v) is 10.1. The first-order valence-electron chi connectivity index (χ1n) is 11.4. The molecule has 4 heteroatoms. The van der Waals surface area contributed by atoms with Gasteiger partial charge in [0.15, 0.2) is 0 Å². The molecule has 0 aromatic heterocycles. The summed E-state index contributed by atoms with van der Waals surface area (Å²) in [7, 11) is 0. The van der Waals surface area contributed by atoms with E-state index in [-0.39, 0.29) is 28.8 Å². The van der Waals surface area contributed by atoms with Gasteiger partial charge in [0, 0.05) is 5.92 Å². The number of carbonyl (C=O) groups excluding carboxylic acids is 2. The molecule has 0 radical (unpaired) electrons. The summed E-state index contributed by atoms with van der Waals surface area (Å²) in [6.45, 7) is 8.87. The minimum Gasteiger partial charge on any atom is -0.458 e. The number of rotatable bonds is 3. The van der Waals surface area contributed by atoms with E-state index in [2.05, 4.69) is 20.8 Å². The molecule has 0 aromatic carbocycles. The van der Waals surface area contributed by atoms with Crippen LogP contribution in [0.15, 0.2) is 0 Å². The zero-order chi connectivity index (χ0) is 20.3. The van der Waals surface area contributed by atoms with Gasteiger partial charge in [-0.25, -0.2) is 0 Å². The van der Waals surface area contributed by atoms with Gasteiger partial charge in [0.05, 0.1) is 0 Å². The maximum atomic E-state index is 12.3. The van der Waals surface area contributed by atoms with E-state index in [4.69, 9.17) is 16.3 Å². The minimum absolute atomic E-state index is 0.0558. The Morgan fingerprint density at radius 2 is 1.64 bits per heavy atom. The van der Waals surface area contributed by atoms with Gasteiger partial charge in [0.2, 0.25) is 0 Å². The Morgan fingerprint density at radius 1 is 0.929 bits per heavy atom. The number of halogens is 1. The van der Waals surface area contributed by atoms with E-state index in [1.807, 2.05) is 6.92 Å². The Bertz CT molecular complexity index is 662. The van der Waals surface area contributed by atoms with Crippen LogP contribution in [-0.4, -0.2) is 23.2 Å². The largest absolute Gasteiger partial charge is 0.458 e. The lowest BCUT2D eigenvalue weighted by Gasteiger charge is -2.62. The van der Waals surface area contributed by atoms with E-state index in [1.54, 1.807) is 0 Å². The summed E-state index contributed by atoms with van der Waals surface area (Å²) >= 11 is 5.69. The Labute approximate surface area is 175 Å². The fourth-order valence-corrected chi connectivity index (χ4v) is 8.53. The van der Waals surface area contributed by atoms with Gasteiger partial charge in [-0.3, -0.25) is 9.59 Å². The quantitative estimate of drug-likeness (QED) is 0.439. The number of hydrogen-bond acceptors (Lipinski definition) is 3. The number of fused-ring (bicyclic) bond motifs is 5. The predicted molar refractivity (Wildman–Crippen MR) is 111 cm³/mol. The number of alkyl halides is 1. The Kier molecular flexibility index (Phi) is 5.17. The number of esters is 1. The first kappa shape index (κ1) is 20.7. The molecule has 0 spiro atoms. The van der Waals surface area contributed by atoms with Crippen LogP contribution in [0.3, 0.4) is 0 Å². The summed E-state index contributed by atoms with van der Waals surface area (Å²) in [6, 6.07) is 0. The van der Waals surface area contributed by atoms with Crippen LogP contribution in [0.4, 0.5) is 0 Å². The normalized spacial score (nSPS) is 50.2. The second-order valence-corrected chi connectivity index (χ2v) is 11.5. The second kappa shape index (κ2) is 7.00. The Balaban J connectivity index is 1.53. The maximum Gasteiger partial charge on any atom is 0.321 e. The SMILES string of the molecule is CC(=O)[C@H]1CC[C@H]2[C@@H]3CC[C@H]4C[C@](C)(OC(=O)CCl)CC[C@]4(C)[C@H]3CC[C@]12C. The molecule has 0 bridgehead atoms. The van der Waals surface area contributed by atoms with Gasteiger partial charge in [-0.05, 0) is 106 Å². The summed E-state index contributed by atoms with van der Waals surface area (Å²) in [6.07, 6.45) is 10.4. The van der Waals surface area contributed by atoms with Gasteiger partial charge in [0.25, 0.3) is 0 Å². The number of hydrogen-bond donors (Lipinski definition) is 0. The summed E-state index contributed by atoms with van der Waals surface area (Å²) in [5.74, 6) is 3.26. The molecule has 0 heterocycles. The van der Waals surface area contributed by atoms with E-state index in [0.717, 1.165) is 43.4 Å². The van der Waals surface area contributed by atoms with Crippen molar-refractivity contribution < 1.29 is 14.3 Å². The minimum atomic E-state index is -0.348. The van der Waals surface area contributed by atoms with Gasteiger partial charge in [0.1, 0.15) is 17.3 Å². The molecule has 4 rings (SSSR count). The van der Waals surface area contributed by atoms with Gasteiger partial charge in [-0.15, -0.1) is 11.6 Å². The smallest absolute Gasteiger partial charge is 0.321 e. The summed E-state index contributed by atoms with van der Waals surface area (Å²) in [4.78, 5) is 24.1. The Hall–Kier alpha value is -0.570. The molecule has 0 aliphatic heterocycles. The van der Waals surface area contributed by atoms with Gasteiger partial charge < -0.3 is 4.74 Å². The fourth-order valence-electron chi connectivity index (χ4n) is 8.48. The van der Waals surface area contributed by atoms with E-state index in [1.165, 1.54) is 32.1 Å². The lowest BCUT2D eigenvalue weighted by Crippen LogP contribution is -2.56. The van der Waals surface area contributed by atoms with Gasteiger partial charge in [-0.1, -0.05) is 13.8 Å². The summed E-state index contributed by atoms with van der Waals surface area (Å²) in [5, 5.41) is 0. The third-order valence-electron chi connectivity index (χ3n) is 9.90. The van der Waals surface area contributed by atoms with E-state index >= 15 is 0 Å². The van der Waals surface area contributed by atoms with Crippen LogP contribution in [0, 0.1) is 40.4 Å². The zero-order valence-electron chi connectivity index (χ0n) is 18.1. The van der Waals surface area contributed by atoms with E-state index < -0.39 is 0 Å². The van der Waals surface area contributed by atoms with Crippen LogP contribution in [0.5, 0.6) is 0 Å². The first-order valence-corrected chi connectivity index (χ1v) is 11.9. The highest BCUT2D eigenvalue weighted by molar-refractivity contribution is 6.26. The first-order chi connectivity index (χ1) is 13.1. The predicted octanol–water partition coefficient (Wildman–Crippen LogP) is 5.78. The van der Waals surface area contributed by atoms with Crippen LogP contribution >= 0.6 is 11.6 Å². The molecule has 8 atom stereocenters. The number of Topliss-reactive ketones (excluding diaryl/α,β-unsaturated/α-hetero) is 1. The third kappa shape index (κ3) is 3.06. The van der Waals surface area contributed by atoms with Crippen LogP contribution < -0.4 is 0 Å². The molecule has 28 heavy (non-hydrogen) atoms. The standard InChI is InChI=1S/C24H37ClO3/c1-15(26)18-7-8-19-17-6-5-16-13-22(2,28-21(27)14-25)11-12-23(16,3)20(17)9-10-24(18,19)4/h16-20H,5-14H2,1-4H3/t16-,17-,18+,19-,20-,22+,23-,24+/m0/s1. The van der Waals surface area contributed by atoms with Crippen LogP contribution in [-0.2, 0) is 14.3 Å². The van der Waals surface area contributed by atoms with Crippen molar-refractivity contribution in [2.45, 2.75) is 91.1 Å². The molecule has 3 nitrogen and oxygen atoms in total. The molecule has 4 aliphatic rings. The molecular formula is C24H37ClO3. The van der Waals surface area contributed by atoms with Crippen molar-refractivity contribution in [2.24, 2.45) is 40.4 Å². The highest BCUT2D eigenvalue weighted by Gasteiger charge is 2.61. The number of ketones is 1. The van der Waals surface area contributed by atoms with Crippen molar-refractivity contribution in [3.05, 3.63) is 0 Å². The monoisotopic (exact) mass is 408 g/mol. The van der Waals surface area contributed by atoms with Crippen molar-refractivity contribution in [1.82, 2.24) is 0 Å². The van der Waals surface area contributed by atoms with Crippen molar-refractivity contribution in [3.8, 4) is 0 Å². The van der Waals surface area contributed by atoms with Gasteiger partial charge in [-0.2, -0.15) is 0 Å². The summed E-state index contributed by atoms with van der Waals surface area (Å²) < 4.78 is 5.78. The average molecular weight is 409 g/mol. The highest BCUT2D eigenvalue weighted by Crippen LogP contribution is 2.68. The average Bonchev–Trinajstić information content (AvgIpc) is 2.99. The lowest BCUT2D eigenvalue weighted by atomic mass is 9.44. The topological polar surface area (TPSA) is 43.4 Å². The van der Waals surface area contributed by atoms with Crippen LogP contribution in [0.2, 0.25) is 0 Å². The molecule has 0 N–H and O–H groups in total. The van der Waals surface area contributed by atoms with Gasteiger partial charge >= 0.3 is 5.97 Å². The van der Waals surface area contributed by atoms with E-state index in [9.17, 15) is 9.59 Å². The van der Waals surface area contributed by atoms with Crippen molar-refractivity contribution in [1.29, 1.82) is 0 Å². The molecule has 4 aliphatic carbocycles. The molecular weight excluding hydrogens is 372 g/mol. The van der Waals surface area contributed by atoms with Crippen LogP contribution in [0.1, 0.15) is 85.5 Å². The highest BCUT2D eigenvalue weighted by atomic mass is 35.5. The molecule has 0 aromatic rings. The number of carbonyl (C=O) groups is 2. The van der Waals surface area contributed by atoms with Crippen LogP contribution in [0.25, 0.3) is 0 Å². The van der Waals surface area contributed by atoms with Crippen molar-refractivity contribution in [2.75, 3.05) is 5.88 Å². The zero-order valence-corrected chi connectivity index (χ0v) is 18.8. The molecule has 0 unspecified atom stereocenters. The fraction of sp³-hybridized carbons (Fsp3) is 0.917. The molecule has 0 saturated heterocycles. The Morgan fingerprint density at radius 3 is 2.32 bits per heavy atom. The maximum absolute atomic E-state index is 12.3. The molecule has 0 amide bonds. The molecule has 4 fully saturated rings. The second-order valence-electron chi connectivity index (χ2n) is 11.2. The lowest BCUT2D eigenvalue weighted by molar-refractivity contribution is -0.178. The van der Waals surface area contributed by atoms with Crippen molar-refractivity contribution >= 4 is 23.4 Å². The molecule has 158 valence electrons. The molecule has 4 saturated carbocycles. The number of ether oxygens (including phenoxy) is 1.